The maximum Gasteiger partial charge on any atom is 0.119 e. The molecule has 2 atom stereocenters. The Morgan fingerprint density at radius 2 is 2.33 bits per heavy atom. The molecule has 0 aliphatic carbocycles. The molecule has 0 aromatic heterocycles. The zero-order chi connectivity index (χ0) is 14.9. The molecular formula is C18H29NO2. The first-order valence-electron chi connectivity index (χ1n) is 8.30. The molecular weight excluding hydrogens is 262 g/mol. The van der Waals surface area contributed by atoms with Crippen LogP contribution in [0.2, 0.25) is 0 Å². The lowest BCUT2D eigenvalue weighted by atomic mass is 9.91. The normalized spacial score (nSPS) is 20.2. The van der Waals surface area contributed by atoms with E-state index in [4.69, 9.17) is 9.47 Å². The van der Waals surface area contributed by atoms with Crippen molar-refractivity contribution in [3.63, 3.8) is 0 Å². The summed E-state index contributed by atoms with van der Waals surface area (Å²) in [4.78, 5) is 0. The molecule has 1 aromatic carbocycles. The second kappa shape index (κ2) is 9.06. The van der Waals surface area contributed by atoms with Crippen molar-refractivity contribution in [1.29, 1.82) is 0 Å². The van der Waals surface area contributed by atoms with Gasteiger partial charge in [0, 0.05) is 12.6 Å². The zero-order valence-corrected chi connectivity index (χ0v) is 13.4. The van der Waals surface area contributed by atoms with Crippen molar-refractivity contribution < 1.29 is 9.47 Å². The summed E-state index contributed by atoms with van der Waals surface area (Å²) in [7, 11) is 0. The van der Waals surface area contributed by atoms with Crippen molar-refractivity contribution >= 4 is 0 Å². The van der Waals surface area contributed by atoms with E-state index in [0.29, 0.717) is 12.0 Å². The smallest absolute Gasteiger partial charge is 0.119 e. The molecule has 3 heteroatoms. The maximum absolute atomic E-state index is 5.91. The highest BCUT2D eigenvalue weighted by molar-refractivity contribution is 5.27. The van der Waals surface area contributed by atoms with Crippen LogP contribution in [0, 0.1) is 12.8 Å². The molecule has 118 valence electrons. The maximum atomic E-state index is 5.91. The summed E-state index contributed by atoms with van der Waals surface area (Å²) in [6, 6.07) is 8.78. The van der Waals surface area contributed by atoms with Gasteiger partial charge in [0.25, 0.3) is 0 Å². The molecule has 0 saturated carbocycles. The minimum atomic E-state index is 0.509. The molecule has 1 aromatic rings. The van der Waals surface area contributed by atoms with Crippen molar-refractivity contribution in [3.8, 4) is 5.75 Å². The van der Waals surface area contributed by atoms with Gasteiger partial charge in [0.15, 0.2) is 0 Å². The van der Waals surface area contributed by atoms with E-state index in [1.54, 1.807) is 0 Å². The summed E-state index contributed by atoms with van der Waals surface area (Å²) in [5, 5.41) is 3.68. The highest BCUT2D eigenvalue weighted by Crippen LogP contribution is 2.20. The molecule has 1 fully saturated rings. The molecule has 3 nitrogen and oxygen atoms in total. The van der Waals surface area contributed by atoms with E-state index in [1.165, 1.54) is 24.8 Å². The summed E-state index contributed by atoms with van der Waals surface area (Å²) in [6.07, 6.45) is 4.67. The second-order valence-corrected chi connectivity index (χ2v) is 5.99. The second-order valence-electron chi connectivity index (χ2n) is 5.99. The van der Waals surface area contributed by atoms with Gasteiger partial charge in [0.2, 0.25) is 0 Å². The average Bonchev–Trinajstić information content (AvgIpc) is 2.51. The van der Waals surface area contributed by atoms with Crippen LogP contribution in [-0.2, 0) is 4.74 Å². The highest BCUT2D eigenvalue weighted by atomic mass is 16.5. The van der Waals surface area contributed by atoms with Crippen LogP contribution in [0.25, 0.3) is 0 Å². The fraction of sp³-hybridized carbons (Fsp3) is 0.667. The van der Waals surface area contributed by atoms with Crippen molar-refractivity contribution in [2.24, 2.45) is 5.92 Å². The van der Waals surface area contributed by atoms with Crippen molar-refractivity contribution in [2.75, 3.05) is 26.4 Å². The van der Waals surface area contributed by atoms with Crippen LogP contribution in [0.5, 0.6) is 5.75 Å². The number of nitrogens with one attached hydrogen (secondary N) is 1. The Morgan fingerprint density at radius 3 is 3.05 bits per heavy atom. The largest absolute Gasteiger partial charge is 0.494 e. The first kappa shape index (κ1) is 16.3. The lowest BCUT2D eigenvalue weighted by Crippen LogP contribution is -2.41. The quantitative estimate of drug-likeness (QED) is 0.794. The lowest BCUT2D eigenvalue weighted by Gasteiger charge is -2.31. The van der Waals surface area contributed by atoms with E-state index in [9.17, 15) is 0 Å². The fourth-order valence-electron chi connectivity index (χ4n) is 2.93. The topological polar surface area (TPSA) is 30.5 Å². The fourth-order valence-corrected chi connectivity index (χ4v) is 2.93. The predicted molar refractivity (Wildman–Crippen MR) is 86.9 cm³/mol. The van der Waals surface area contributed by atoms with Gasteiger partial charge < -0.3 is 14.8 Å². The van der Waals surface area contributed by atoms with Crippen LogP contribution in [-0.4, -0.2) is 32.4 Å². The number of benzene rings is 1. The molecule has 0 bridgehead atoms. The number of aryl methyl sites for hydroxylation is 1. The van der Waals surface area contributed by atoms with Gasteiger partial charge in [-0.05, 0) is 62.8 Å². The van der Waals surface area contributed by atoms with Crippen LogP contribution in [0.3, 0.4) is 0 Å². The molecule has 0 radical (unpaired) electrons. The summed E-state index contributed by atoms with van der Waals surface area (Å²) < 4.78 is 11.5. The minimum Gasteiger partial charge on any atom is -0.494 e. The number of hydrogen-bond acceptors (Lipinski definition) is 3. The molecule has 1 heterocycles. The molecule has 0 spiro atoms. The van der Waals surface area contributed by atoms with Gasteiger partial charge >= 0.3 is 0 Å². The van der Waals surface area contributed by atoms with Crippen molar-refractivity contribution in [2.45, 2.75) is 45.6 Å². The molecule has 2 rings (SSSR count). The van der Waals surface area contributed by atoms with Crippen LogP contribution in [0.15, 0.2) is 24.3 Å². The van der Waals surface area contributed by atoms with E-state index in [-0.39, 0.29) is 0 Å². The van der Waals surface area contributed by atoms with Gasteiger partial charge in [-0.25, -0.2) is 0 Å². The van der Waals surface area contributed by atoms with Gasteiger partial charge in [-0.15, -0.1) is 0 Å². The van der Waals surface area contributed by atoms with E-state index in [1.807, 2.05) is 12.1 Å². The Labute approximate surface area is 129 Å². The Kier molecular flexibility index (Phi) is 7.04. The Hall–Kier alpha value is -1.06. The third-order valence-electron chi connectivity index (χ3n) is 4.11. The Morgan fingerprint density at radius 1 is 1.43 bits per heavy atom. The van der Waals surface area contributed by atoms with E-state index in [0.717, 1.165) is 38.5 Å². The number of ether oxygens (including phenoxy) is 2. The average molecular weight is 291 g/mol. The number of rotatable bonds is 8. The van der Waals surface area contributed by atoms with Crippen molar-refractivity contribution in [1.82, 2.24) is 5.32 Å². The molecule has 1 aliphatic heterocycles. The SMILES string of the molecule is CCCNC(CCOc1cccc(C)c1)C1CCCOC1. The summed E-state index contributed by atoms with van der Waals surface area (Å²) in [5.74, 6) is 1.61. The van der Waals surface area contributed by atoms with Crippen LogP contribution in [0.4, 0.5) is 0 Å². The molecule has 1 aliphatic rings. The van der Waals surface area contributed by atoms with Crippen LogP contribution in [0.1, 0.15) is 38.2 Å². The lowest BCUT2D eigenvalue weighted by molar-refractivity contribution is 0.0357. The van der Waals surface area contributed by atoms with Gasteiger partial charge in [-0.3, -0.25) is 0 Å². The third-order valence-corrected chi connectivity index (χ3v) is 4.11. The molecule has 21 heavy (non-hydrogen) atoms. The molecule has 2 unspecified atom stereocenters. The molecule has 1 N–H and O–H groups in total. The van der Waals surface area contributed by atoms with E-state index >= 15 is 0 Å². The van der Waals surface area contributed by atoms with Crippen molar-refractivity contribution in [3.05, 3.63) is 29.8 Å². The third kappa shape index (κ3) is 5.68. The van der Waals surface area contributed by atoms with Gasteiger partial charge in [-0.2, -0.15) is 0 Å². The van der Waals surface area contributed by atoms with Gasteiger partial charge in [-0.1, -0.05) is 19.1 Å². The van der Waals surface area contributed by atoms with Gasteiger partial charge in [0.1, 0.15) is 5.75 Å². The van der Waals surface area contributed by atoms with E-state index < -0.39 is 0 Å². The summed E-state index contributed by atoms with van der Waals surface area (Å²) >= 11 is 0. The Balaban J connectivity index is 1.80. The highest BCUT2D eigenvalue weighted by Gasteiger charge is 2.23. The number of hydrogen-bond donors (Lipinski definition) is 1. The van der Waals surface area contributed by atoms with E-state index in [2.05, 4.69) is 31.3 Å². The molecule has 1 saturated heterocycles. The first-order chi connectivity index (χ1) is 10.3. The summed E-state index contributed by atoms with van der Waals surface area (Å²) in [5.41, 5.74) is 1.24. The van der Waals surface area contributed by atoms with Gasteiger partial charge in [0.05, 0.1) is 13.2 Å². The summed E-state index contributed by atoms with van der Waals surface area (Å²) in [6.45, 7) is 7.97. The van der Waals surface area contributed by atoms with Crippen LogP contribution < -0.4 is 10.1 Å². The minimum absolute atomic E-state index is 0.509. The predicted octanol–water partition coefficient (Wildman–Crippen LogP) is 3.56. The monoisotopic (exact) mass is 291 g/mol. The first-order valence-corrected chi connectivity index (χ1v) is 8.30. The van der Waals surface area contributed by atoms with Crippen LogP contribution >= 0.6 is 0 Å². The Bertz CT molecular complexity index is 402. The zero-order valence-electron chi connectivity index (χ0n) is 13.4. The molecule has 0 amide bonds. The standard InChI is InChI=1S/C18H29NO2/c1-3-10-19-18(16-7-5-11-20-14-16)9-12-21-17-8-4-6-15(2)13-17/h4,6,8,13,16,18-19H,3,5,7,9-12,14H2,1-2H3.